The number of benzene rings is 1. The maximum atomic E-state index is 12.3. The summed E-state index contributed by atoms with van der Waals surface area (Å²) < 4.78 is 6.13. The molecule has 1 heterocycles. The monoisotopic (exact) mass is 348 g/mol. The summed E-state index contributed by atoms with van der Waals surface area (Å²) in [4.78, 5) is 16.3. The number of nitrogens with one attached hydrogen (secondary N) is 1. The van der Waals surface area contributed by atoms with Crippen LogP contribution in [0.5, 0.6) is 5.75 Å². The van der Waals surface area contributed by atoms with E-state index in [4.69, 9.17) is 4.74 Å². The third-order valence-corrected chi connectivity index (χ3v) is 3.60. The van der Waals surface area contributed by atoms with Crippen LogP contribution >= 0.6 is 15.9 Å². The fraction of sp³-hybridized carbons (Fsp3) is 0.250. The number of pyridine rings is 1. The summed E-state index contributed by atoms with van der Waals surface area (Å²) >= 11 is 3.31. The number of aromatic nitrogens is 1. The smallest absolute Gasteiger partial charge is 0.253 e. The van der Waals surface area contributed by atoms with Crippen LogP contribution in [0, 0.1) is 6.92 Å². The maximum Gasteiger partial charge on any atom is 0.253 e. The lowest BCUT2D eigenvalue weighted by Crippen LogP contribution is -2.27. The van der Waals surface area contributed by atoms with Gasteiger partial charge in [-0.3, -0.25) is 9.78 Å². The second kappa shape index (κ2) is 6.72. The second-order valence-corrected chi connectivity index (χ2v) is 5.75. The van der Waals surface area contributed by atoms with Gasteiger partial charge in [0.25, 0.3) is 5.91 Å². The molecule has 0 aliphatic carbocycles. The predicted octanol–water partition coefficient (Wildman–Crippen LogP) is 3.65. The molecule has 2 aromatic rings. The number of carbonyl (C=O) groups excluding carboxylic acids is 1. The van der Waals surface area contributed by atoms with Gasteiger partial charge in [0.15, 0.2) is 0 Å². The zero-order chi connectivity index (χ0) is 15.4. The van der Waals surface area contributed by atoms with Gasteiger partial charge in [-0.15, -0.1) is 0 Å². The summed E-state index contributed by atoms with van der Waals surface area (Å²) in [5.74, 6) is 0.598. The number of ether oxygens (including phenoxy) is 1. The van der Waals surface area contributed by atoms with E-state index in [2.05, 4.69) is 26.2 Å². The highest BCUT2D eigenvalue weighted by molar-refractivity contribution is 9.10. The molecule has 1 aromatic heterocycles. The second-order valence-electron chi connectivity index (χ2n) is 4.83. The van der Waals surface area contributed by atoms with E-state index >= 15 is 0 Å². The summed E-state index contributed by atoms with van der Waals surface area (Å²) in [7, 11) is 1.63. The van der Waals surface area contributed by atoms with E-state index in [1.54, 1.807) is 25.6 Å². The summed E-state index contributed by atoms with van der Waals surface area (Å²) in [6.07, 6.45) is 3.18. The van der Waals surface area contributed by atoms with Crippen LogP contribution in [0.4, 0.5) is 0 Å². The Kier molecular flexibility index (Phi) is 4.96. The molecule has 0 spiro atoms. The highest BCUT2D eigenvalue weighted by Gasteiger charge is 2.15. The molecule has 1 unspecified atom stereocenters. The molecule has 1 aromatic carbocycles. The molecule has 2 rings (SSSR count). The van der Waals surface area contributed by atoms with Crippen molar-refractivity contribution >= 4 is 21.8 Å². The molecule has 110 valence electrons. The van der Waals surface area contributed by atoms with Gasteiger partial charge < -0.3 is 10.1 Å². The molecule has 21 heavy (non-hydrogen) atoms. The third kappa shape index (κ3) is 3.82. The molecule has 0 saturated heterocycles. The molecule has 4 nitrogen and oxygen atoms in total. The van der Waals surface area contributed by atoms with Crippen LogP contribution < -0.4 is 10.1 Å². The normalized spacial score (nSPS) is 11.8. The predicted molar refractivity (Wildman–Crippen MR) is 85.5 cm³/mol. The first-order chi connectivity index (χ1) is 10.0. The van der Waals surface area contributed by atoms with Crippen LogP contribution in [0.25, 0.3) is 0 Å². The molecule has 1 N–H and O–H groups in total. The van der Waals surface area contributed by atoms with Crippen molar-refractivity contribution in [2.45, 2.75) is 19.9 Å². The summed E-state index contributed by atoms with van der Waals surface area (Å²) in [6.45, 7) is 3.94. The molecule has 1 amide bonds. The van der Waals surface area contributed by atoms with Crippen molar-refractivity contribution in [3.8, 4) is 5.75 Å². The summed E-state index contributed by atoms with van der Waals surface area (Å²) in [6, 6.07) is 7.49. The number of hydrogen-bond acceptors (Lipinski definition) is 3. The number of carbonyl (C=O) groups is 1. The molecular formula is C16H17BrN2O2. The highest BCUT2D eigenvalue weighted by atomic mass is 79.9. The van der Waals surface area contributed by atoms with Gasteiger partial charge in [0.05, 0.1) is 18.7 Å². The van der Waals surface area contributed by atoms with Gasteiger partial charge in [-0.05, 0) is 41.9 Å². The number of nitrogens with zero attached hydrogens (tertiary/aromatic N) is 1. The van der Waals surface area contributed by atoms with Crippen molar-refractivity contribution in [3.63, 3.8) is 0 Å². The van der Waals surface area contributed by atoms with Crippen LogP contribution in [-0.4, -0.2) is 18.0 Å². The van der Waals surface area contributed by atoms with Gasteiger partial charge in [0.2, 0.25) is 0 Å². The van der Waals surface area contributed by atoms with E-state index in [1.165, 1.54) is 0 Å². The molecular weight excluding hydrogens is 332 g/mol. The molecule has 0 aliphatic rings. The maximum absolute atomic E-state index is 12.3. The van der Waals surface area contributed by atoms with Crippen LogP contribution in [-0.2, 0) is 0 Å². The zero-order valence-electron chi connectivity index (χ0n) is 12.2. The number of methoxy groups -OCH3 is 1. The topological polar surface area (TPSA) is 51.2 Å². The molecule has 5 heteroatoms. The number of halogens is 1. The number of aryl methyl sites for hydroxylation is 1. The van der Waals surface area contributed by atoms with Gasteiger partial charge in [-0.1, -0.05) is 17.7 Å². The largest absolute Gasteiger partial charge is 0.496 e. The van der Waals surface area contributed by atoms with Gasteiger partial charge in [-0.2, -0.15) is 0 Å². The van der Waals surface area contributed by atoms with Gasteiger partial charge in [-0.25, -0.2) is 0 Å². The highest BCUT2D eigenvalue weighted by Crippen LogP contribution is 2.26. The van der Waals surface area contributed by atoms with E-state index in [0.717, 1.165) is 21.3 Å². The van der Waals surface area contributed by atoms with E-state index in [1.807, 2.05) is 32.0 Å². The molecule has 0 bridgehead atoms. The average Bonchev–Trinajstić information content (AvgIpc) is 2.47. The fourth-order valence-electron chi connectivity index (χ4n) is 2.09. The fourth-order valence-corrected chi connectivity index (χ4v) is 2.45. The molecule has 0 saturated carbocycles. The minimum Gasteiger partial charge on any atom is -0.496 e. The Hall–Kier alpha value is -1.88. The first-order valence-electron chi connectivity index (χ1n) is 6.57. The summed E-state index contributed by atoms with van der Waals surface area (Å²) in [5.41, 5.74) is 2.59. The van der Waals surface area contributed by atoms with Gasteiger partial charge in [0, 0.05) is 22.4 Å². The Bertz CT molecular complexity index is 658. The number of amides is 1. The number of rotatable bonds is 4. The van der Waals surface area contributed by atoms with Crippen molar-refractivity contribution in [3.05, 3.63) is 57.8 Å². The minimum atomic E-state index is -0.167. The number of hydrogen-bond donors (Lipinski definition) is 1. The van der Waals surface area contributed by atoms with E-state index in [-0.39, 0.29) is 11.9 Å². The molecule has 1 atom stereocenters. The van der Waals surface area contributed by atoms with E-state index in [0.29, 0.717) is 5.56 Å². The Morgan fingerprint density at radius 1 is 1.33 bits per heavy atom. The Labute approximate surface area is 132 Å². The lowest BCUT2D eigenvalue weighted by Gasteiger charge is -2.18. The van der Waals surface area contributed by atoms with E-state index in [9.17, 15) is 4.79 Å². The lowest BCUT2D eigenvalue weighted by molar-refractivity contribution is 0.0939. The standard InChI is InChI=1S/C16H17BrN2O2/c1-10-4-5-15(21-3)14(6-10)11(2)19-16(20)12-7-13(17)9-18-8-12/h4-9,11H,1-3H3,(H,19,20). The summed E-state index contributed by atoms with van der Waals surface area (Å²) in [5, 5.41) is 2.96. The van der Waals surface area contributed by atoms with Crippen molar-refractivity contribution in [1.29, 1.82) is 0 Å². The molecule has 0 aliphatic heterocycles. The minimum absolute atomic E-state index is 0.161. The molecule has 0 fully saturated rings. The van der Waals surface area contributed by atoms with E-state index < -0.39 is 0 Å². The quantitative estimate of drug-likeness (QED) is 0.917. The first kappa shape index (κ1) is 15.5. The van der Waals surface area contributed by atoms with Crippen LogP contribution in [0.1, 0.15) is 34.5 Å². The third-order valence-electron chi connectivity index (χ3n) is 3.17. The Balaban J connectivity index is 2.20. The molecule has 0 radical (unpaired) electrons. The van der Waals surface area contributed by atoms with Crippen molar-refractivity contribution in [2.75, 3.05) is 7.11 Å². The Morgan fingerprint density at radius 2 is 2.10 bits per heavy atom. The van der Waals surface area contributed by atoms with Crippen molar-refractivity contribution in [2.24, 2.45) is 0 Å². The average molecular weight is 349 g/mol. The van der Waals surface area contributed by atoms with Gasteiger partial charge in [0.1, 0.15) is 5.75 Å². The SMILES string of the molecule is COc1ccc(C)cc1C(C)NC(=O)c1cncc(Br)c1. The lowest BCUT2D eigenvalue weighted by atomic mass is 10.0. The van der Waals surface area contributed by atoms with Crippen LogP contribution in [0.2, 0.25) is 0 Å². The zero-order valence-corrected chi connectivity index (χ0v) is 13.8. The Morgan fingerprint density at radius 3 is 2.76 bits per heavy atom. The van der Waals surface area contributed by atoms with Crippen LogP contribution in [0.3, 0.4) is 0 Å². The first-order valence-corrected chi connectivity index (χ1v) is 7.36. The van der Waals surface area contributed by atoms with Gasteiger partial charge >= 0.3 is 0 Å². The van der Waals surface area contributed by atoms with Crippen molar-refractivity contribution in [1.82, 2.24) is 10.3 Å². The van der Waals surface area contributed by atoms with Crippen molar-refractivity contribution < 1.29 is 9.53 Å². The van der Waals surface area contributed by atoms with Crippen LogP contribution in [0.15, 0.2) is 41.1 Å².